The molecular weight excluding hydrogens is 1340 g/mol. The van der Waals surface area contributed by atoms with Gasteiger partial charge in [0.15, 0.2) is 29.5 Å². The first-order chi connectivity index (χ1) is 43.3. The Bertz CT molecular complexity index is 4660. The zero-order chi connectivity index (χ0) is 69.8. The number of nitrogens with one attached hydrogen (secondary N) is 2. The van der Waals surface area contributed by atoms with Crippen LogP contribution < -0.4 is 15.9 Å². The number of benzene rings is 3. The Kier molecular flexibility index (Phi) is 26.5. The summed E-state index contributed by atoms with van der Waals surface area (Å²) in [5.74, 6) is -0.758. The summed E-state index contributed by atoms with van der Waals surface area (Å²) in [5, 5.41) is 22.7. The molecule has 0 unspecified atom stereocenters. The highest BCUT2D eigenvalue weighted by Gasteiger charge is 2.27. The number of nitrogens with zero attached hydrogens (tertiary/aromatic N) is 11. The number of aryl methyl sites for hydroxylation is 6. The second kappa shape index (κ2) is 32.4. The van der Waals surface area contributed by atoms with E-state index in [-0.39, 0.29) is 62.1 Å². The van der Waals surface area contributed by atoms with Crippen LogP contribution >= 0.6 is 46.4 Å². The van der Waals surface area contributed by atoms with Crippen molar-refractivity contribution < 1.29 is 44.4 Å². The molecule has 0 spiro atoms. The van der Waals surface area contributed by atoms with E-state index in [1.54, 1.807) is 77.1 Å². The van der Waals surface area contributed by atoms with Gasteiger partial charge in [0, 0.05) is 92.6 Å². The van der Waals surface area contributed by atoms with E-state index in [1.165, 1.54) is 105 Å². The zero-order valence-electron chi connectivity index (χ0n) is 54.1. The monoisotopic (exact) mass is 1420 g/mol. The van der Waals surface area contributed by atoms with E-state index in [1.807, 2.05) is 13.8 Å². The van der Waals surface area contributed by atoms with Gasteiger partial charge in [0.25, 0.3) is 16.4 Å². The average molecular weight is 1420 g/mol. The molecule has 0 fully saturated rings. The van der Waals surface area contributed by atoms with E-state index in [9.17, 15) is 49.2 Å². The minimum Gasteiger partial charge on any atom is -0.404 e. The van der Waals surface area contributed by atoms with Gasteiger partial charge in [-0.05, 0) is 149 Å². The first-order valence-electron chi connectivity index (χ1n) is 28.6. The van der Waals surface area contributed by atoms with E-state index >= 15 is 0 Å². The Morgan fingerprint density at radius 2 is 0.978 bits per heavy atom. The number of carbonyl (C=O) groups is 3. The van der Waals surface area contributed by atoms with Crippen molar-refractivity contribution in [1.82, 2.24) is 63.6 Å². The van der Waals surface area contributed by atoms with Crippen molar-refractivity contribution in [2.75, 3.05) is 38.4 Å². The van der Waals surface area contributed by atoms with Gasteiger partial charge in [0.1, 0.15) is 5.56 Å². The molecule has 6 heterocycles. The molecule has 0 saturated heterocycles. The van der Waals surface area contributed by atoms with Crippen molar-refractivity contribution in [3.8, 4) is 5.88 Å². The normalized spacial score (nSPS) is 11.4. The van der Waals surface area contributed by atoms with Crippen molar-refractivity contribution in [1.29, 1.82) is 0 Å². The maximum Gasteiger partial charge on any atom is 0.345 e. The molecule has 9 rings (SSSR count). The molecule has 0 bridgehead atoms. The highest BCUT2D eigenvalue weighted by Crippen LogP contribution is 2.29. The van der Waals surface area contributed by atoms with Gasteiger partial charge < -0.3 is 14.7 Å². The van der Waals surface area contributed by atoms with E-state index < -0.39 is 52.1 Å². The molecule has 25 nitrogen and oxygen atoms in total. The molecule has 93 heavy (non-hydrogen) atoms. The number of ketones is 1. The number of sulfone groups is 3. The molecule has 2 N–H and O–H groups in total. The van der Waals surface area contributed by atoms with Gasteiger partial charge in [0.05, 0.1) is 79.2 Å². The standard InChI is InChI=1S/2C18H19ClN4O4S.C13H12Cl2N2O3S.C6H10N2O.C6H15N/c1-11-7-17(22(3)21-11)27-18(24)14-5-6-16(28(4,25)26)15(12(14)2)10-23-9-13(19)8-20-23;1-10-13(17(24)16-11(2)21-22(3)18(16)25)5-6-15(28(4,26)27)14(10)9-23-8-12(19)7-20-23;1-8-10(13(15)18)3-4-12(21(2,19)20)11(8)7-17-6-9(14)5-16-17;1-3-8-6(9)4-5(2)7-8;1-4-7(5-2)6-3/h5-9H,10H2,1-4H3;5-8,21H,9H2,1-4H3;3-6H,7H2,1-2H3;4,7H,3H2,1-2H3;4-6H2,1-3H3. The van der Waals surface area contributed by atoms with Crippen LogP contribution in [0.1, 0.15) is 115 Å². The maximum absolute atomic E-state index is 13.1. The van der Waals surface area contributed by atoms with Gasteiger partial charge in [-0.3, -0.25) is 47.7 Å². The summed E-state index contributed by atoms with van der Waals surface area (Å²) in [6.45, 7) is 23.5. The predicted molar refractivity (Wildman–Crippen MR) is 358 cm³/mol. The van der Waals surface area contributed by atoms with Crippen molar-refractivity contribution in [2.24, 2.45) is 14.1 Å². The lowest BCUT2D eigenvalue weighted by Crippen LogP contribution is -2.21. The molecule has 0 amide bonds. The van der Waals surface area contributed by atoms with Gasteiger partial charge in [-0.2, -0.15) is 20.4 Å². The van der Waals surface area contributed by atoms with E-state index in [4.69, 9.17) is 51.1 Å². The fourth-order valence-corrected chi connectivity index (χ4v) is 13.3. The Labute approximate surface area is 559 Å². The third-order valence-corrected chi connectivity index (χ3v) is 18.8. The lowest BCUT2D eigenvalue weighted by atomic mass is 9.95. The van der Waals surface area contributed by atoms with Crippen LogP contribution in [0.2, 0.25) is 15.1 Å². The van der Waals surface area contributed by atoms with Crippen LogP contribution in [0.3, 0.4) is 0 Å². The minimum absolute atomic E-state index is 0.0331. The Balaban J connectivity index is 0.000000227. The summed E-state index contributed by atoms with van der Waals surface area (Å²) in [6.07, 6.45) is 12.4. The molecule has 0 aliphatic rings. The second-order valence-electron chi connectivity index (χ2n) is 21.4. The third kappa shape index (κ3) is 20.2. The number of hydrogen-bond acceptors (Lipinski definition) is 17. The topological polar surface area (TPSA) is 313 Å². The molecule has 0 saturated carbocycles. The maximum atomic E-state index is 13.1. The first kappa shape index (κ1) is 76.0. The van der Waals surface area contributed by atoms with Gasteiger partial charge in [-0.15, -0.1) is 0 Å². The van der Waals surface area contributed by atoms with Gasteiger partial charge >= 0.3 is 5.97 Å². The highest BCUT2D eigenvalue weighted by molar-refractivity contribution is 7.91. The van der Waals surface area contributed by atoms with Crippen molar-refractivity contribution in [2.45, 2.75) is 110 Å². The molecule has 6 aromatic heterocycles. The first-order valence-corrected chi connectivity index (χ1v) is 35.8. The minimum atomic E-state index is -3.55. The fourth-order valence-electron chi connectivity index (χ4n) is 9.66. The number of carbonyl (C=O) groups excluding carboxylic acids is 3. The SMILES string of the molecule is CCN(CC)CC.CCn1[nH]c(C)cc1=O.Cc1[nH]n(C)c(=O)c1C(=O)c1ccc(S(C)(=O)=O)c(Cn2cc(Cl)cn2)c1C.Cc1c(C(=O)Cl)ccc(S(C)(=O)=O)c1Cn1cc(Cl)cn1.Cc1cc(OC(=O)c2ccc(S(C)(=O)=O)c(Cn3cc(Cl)cn3)c2C)n(C)n1. The molecule has 0 atom stereocenters. The molecule has 32 heteroatoms. The van der Waals surface area contributed by atoms with E-state index in [0.29, 0.717) is 72.3 Å². The summed E-state index contributed by atoms with van der Waals surface area (Å²) in [6, 6.07) is 11.7. The van der Waals surface area contributed by atoms with Crippen LogP contribution in [-0.4, -0.2) is 144 Å². The number of aromatic nitrogens is 12. The van der Waals surface area contributed by atoms with Gasteiger partial charge in [-0.25, -0.2) is 34.7 Å². The molecule has 3 aromatic carbocycles. The second-order valence-corrected chi connectivity index (χ2v) is 29.0. The number of rotatable bonds is 18. The molecular formula is C61H75Cl4N13O12S3. The average Bonchev–Trinajstić information content (AvgIpc) is 1.40. The summed E-state index contributed by atoms with van der Waals surface area (Å²) in [4.78, 5) is 63.0. The zero-order valence-corrected chi connectivity index (χ0v) is 59.6. The lowest BCUT2D eigenvalue weighted by Gasteiger charge is -2.15. The molecule has 502 valence electrons. The van der Waals surface area contributed by atoms with Crippen LogP contribution in [0.15, 0.2) is 110 Å². The van der Waals surface area contributed by atoms with Crippen LogP contribution in [-0.2, 0) is 69.8 Å². The molecule has 0 radical (unpaired) electrons. The quantitative estimate of drug-likeness (QED) is 0.0460. The number of hydrogen-bond donors (Lipinski definition) is 2. The van der Waals surface area contributed by atoms with Crippen LogP contribution in [0.5, 0.6) is 5.88 Å². The Morgan fingerprint density at radius 1 is 0.581 bits per heavy atom. The third-order valence-electron chi connectivity index (χ3n) is 14.5. The molecule has 0 aliphatic heterocycles. The number of aromatic amines is 2. The Morgan fingerprint density at radius 3 is 1.27 bits per heavy atom. The van der Waals surface area contributed by atoms with E-state index in [2.05, 4.69) is 56.3 Å². The summed E-state index contributed by atoms with van der Waals surface area (Å²) in [5.41, 5.74) is 5.38. The summed E-state index contributed by atoms with van der Waals surface area (Å²) < 4.78 is 87.0. The van der Waals surface area contributed by atoms with Gasteiger partial charge in [0.2, 0.25) is 11.7 Å². The van der Waals surface area contributed by atoms with Crippen molar-refractivity contribution >= 4 is 92.9 Å². The largest absolute Gasteiger partial charge is 0.404 e. The number of esters is 1. The van der Waals surface area contributed by atoms with E-state index in [0.717, 1.165) is 24.5 Å². The molecule has 0 aliphatic carbocycles. The summed E-state index contributed by atoms with van der Waals surface area (Å²) >= 11 is 23.1. The predicted octanol–water partition coefficient (Wildman–Crippen LogP) is 8.95. The van der Waals surface area contributed by atoms with Crippen LogP contribution in [0.4, 0.5) is 0 Å². The van der Waals surface area contributed by atoms with Crippen molar-refractivity contribution in [3.63, 3.8) is 0 Å². The fraction of sp³-hybridized carbons (Fsp3) is 0.361. The Hall–Kier alpha value is -7.70. The van der Waals surface area contributed by atoms with Crippen molar-refractivity contribution in [3.05, 3.63) is 194 Å². The number of H-pyrrole nitrogens is 2. The lowest BCUT2D eigenvalue weighted by molar-refractivity contribution is 0.0718. The number of ether oxygens (including phenoxy) is 1. The molecule has 9 aromatic rings. The smallest absolute Gasteiger partial charge is 0.345 e. The van der Waals surface area contributed by atoms with Crippen LogP contribution in [0.25, 0.3) is 0 Å². The van der Waals surface area contributed by atoms with Crippen LogP contribution in [0, 0.1) is 41.5 Å². The van der Waals surface area contributed by atoms with Gasteiger partial charge in [-0.1, -0.05) is 55.6 Å². The summed E-state index contributed by atoms with van der Waals surface area (Å²) in [7, 11) is -7.31. The number of halogens is 4. The highest BCUT2D eigenvalue weighted by atomic mass is 35.5.